The molecule has 2 nitrogen and oxygen atoms in total. The summed E-state index contributed by atoms with van der Waals surface area (Å²) < 4.78 is 0. The zero-order valence-corrected chi connectivity index (χ0v) is 4.00. The molecule has 0 bridgehead atoms. The lowest BCUT2D eigenvalue weighted by atomic mass is 9.62. The monoisotopic (exact) mass is 91.1 g/mol. The minimum atomic E-state index is 0.758. The standard InChI is InChI=1S/C2H4B3NO/c3-5-6-4-1-2-7-6/h1-2H2. The molecule has 0 aromatic carbocycles. The van der Waals surface area contributed by atoms with E-state index in [2.05, 4.69) is 0 Å². The van der Waals surface area contributed by atoms with Crippen LogP contribution in [-0.4, -0.2) is 33.9 Å². The second-order valence-corrected chi connectivity index (χ2v) is 1.31. The van der Waals surface area contributed by atoms with Gasteiger partial charge in [-0.15, -0.1) is 0 Å². The van der Waals surface area contributed by atoms with E-state index in [1.54, 1.807) is 0 Å². The Morgan fingerprint density at radius 1 is 1.86 bits per heavy atom. The molecule has 0 atom stereocenters. The zero-order chi connectivity index (χ0) is 5.11. The lowest BCUT2D eigenvalue weighted by Gasteiger charge is -2.07. The molecule has 1 rings (SSSR count). The van der Waals surface area contributed by atoms with Crippen molar-refractivity contribution in [3.63, 3.8) is 0 Å². The van der Waals surface area contributed by atoms with Crippen molar-refractivity contribution in [2.24, 2.45) is 0 Å². The number of hydrogen-bond acceptors (Lipinski definition) is 2. The molecule has 0 saturated carbocycles. The maximum Gasteiger partial charge on any atom is 0.227 e. The van der Waals surface area contributed by atoms with Crippen molar-refractivity contribution in [3.8, 4) is 0 Å². The van der Waals surface area contributed by atoms with E-state index in [0.717, 1.165) is 12.9 Å². The maximum atomic E-state index is 5.08. The first-order valence-corrected chi connectivity index (χ1v) is 2.23. The summed E-state index contributed by atoms with van der Waals surface area (Å²) in [5, 5.41) is 0. The minimum absolute atomic E-state index is 0.758. The fourth-order valence-electron chi connectivity index (χ4n) is 0.495. The summed E-state index contributed by atoms with van der Waals surface area (Å²) in [6.07, 6.45) is 0.966. The SMILES string of the molecule is [B][B]N1[B]CCO1. The van der Waals surface area contributed by atoms with Crippen LogP contribution in [0.2, 0.25) is 6.32 Å². The summed E-state index contributed by atoms with van der Waals surface area (Å²) in [6, 6.07) is 0. The average molecular weight is 90.5 g/mol. The van der Waals surface area contributed by atoms with Crippen LogP contribution in [0, 0.1) is 0 Å². The van der Waals surface area contributed by atoms with Crippen LogP contribution in [0.4, 0.5) is 0 Å². The van der Waals surface area contributed by atoms with Gasteiger partial charge in [0.2, 0.25) is 7.41 Å². The van der Waals surface area contributed by atoms with Gasteiger partial charge in [0.25, 0.3) is 0 Å². The van der Waals surface area contributed by atoms with Gasteiger partial charge in [0.15, 0.2) is 7.31 Å². The fraction of sp³-hybridized carbons (Fsp3) is 1.00. The normalized spacial score (nSPS) is 21.7. The van der Waals surface area contributed by atoms with Crippen molar-refractivity contribution in [2.75, 3.05) is 6.61 Å². The summed E-state index contributed by atoms with van der Waals surface area (Å²) >= 11 is 0. The van der Waals surface area contributed by atoms with E-state index in [9.17, 15) is 0 Å². The van der Waals surface area contributed by atoms with E-state index < -0.39 is 0 Å². The first-order chi connectivity index (χ1) is 3.43. The highest BCUT2D eigenvalue weighted by Crippen LogP contribution is 1.97. The Hall–Kier alpha value is 0.115. The zero-order valence-electron chi connectivity index (χ0n) is 4.00. The Bertz CT molecular complexity index is 54.9. The lowest BCUT2D eigenvalue weighted by molar-refractivity contribution is 0.0130. The molecule has 0 unspecified atom stereocenters. The summed E-state index contributed by atoms with van der Waals surface area (Å²) in [5.74, 6) is 0. The summed E-state index contributed by atoms with van der Waals surface area (Å²) in [7, 11) is 8.36. The van der Waals surface area contributed by atoms with Gasteiger partial charge in [-0.1, -0.05) is 0 Å². The van der Waals surface area contributed by atoms with Crippen LogP contribution in [0.3, 0.4) is 0 Å². The fourth-order valence-corrected chi connectivity index (χ4v) is 0.495. The second-order valence-electron chi connectivity index (χ2n) is 1.31. The molecule has 1 aliphatic rings. The Kier molecular flexibility index (Phi) is 1.82. The predicted octanol–water partition coefficient (Wildman–Crippen LogP) is -1.03. The molecule has 4 radical (unpaired) electrons. The van der Waals surface area contributed by atoms with Gasteiger partial charge in [-0.3, -0.25) is 4.89 Å². The molecule has 0 amide bonds. The van der Waals surface area contributed by atoms with Crippen LogP contribution in [-0.2, 0) is 4.84 Å². The highest BCUT2D eigenvalue weighted by atomic mass is 16.7. The quantitative estimate of drug-likeness (QED) is 0.382. The van der Waals surface area contributed by atoms with Crippen molar-refractivity contribution in [1.29, 1.82) is 0 Å². The molecule has 1 saturated heterocycles. The molecule has 5 heteroatoms. The van der Waals surface area contributed by atoms with Gasteiger partial charge in [-0.25, -0.2) is 0 Å². The van der Waals surface area contributed by atoms with E-state index in [1.807, 2.05) is 7.41 Å². The molecule has 0 aromatic heterocycles. The van der Waals surface area contributed by atoms with Crippen LogP contribution < -0.4 is 0 Å². The molecule has 0 N–H and O–H groups in total. The van der Waals surface area contributed by atoms with Gasteiger partial charge in [-0.05, 0) is 6.32 Å². The topological polar surface area (TPSA) is 12.5 Å². The highest BCUT2D eigenvalue weighted by molar-refractivity contribution is 6.90. The lowest BCUT2D eigenvalue weighted by Crippen LogP contribution is -2.25. The van der Waals surface area contributed by atoms with Crippen LogP contribution in [0.5, 0.6) is 0 Å². The molecule has 7 heavy (non-hydrogen) atoms. The molecule has 32 valence electrons. The van der Waals surface area contributed by atoms with Gasteiger partial charge < -0.3 is 4.84 Å². The van der Waals surface area contributed by atoms with Crippen molar-refractivity contribution in [1.82, 2.24) is 4.89 Å². The Labute approximate surface area is 46.1 Å². The van der Waals surface area contributed by atoms with E-state index in [1.165, 1.54) is 12.2 Å². The first kappa shape index (κ1) is 5.26. The largest absolute Gasteiger partial charge is 0.324 e. The maximum absolute atomic E-state index is 5.08. The van der Waals surface area contributed by atoms with Crippen LogP contribution in [0.15, 0.2) is 0 Å². The van der Waals surface area contributed by atoms with Crippen molar-refractivity contribution >= 4 is 22.5 Å². The average Bonchev–Trinajstić information content (AvgIpc) is 2.14. The van der Waals surface area contributed by atoms with E-state index >= 15 is 0 Å². The van der Waals surface area contributed by atoms with Crippen molar-refractivity contribution < 1.29 is 4.84 Å². The third-order valence-corrected chi connectivity index (χ3v) is 0.814. The molecule has 0 aliphatic carbocycles. The minimum Gasteiger partial charge on any atom is -0.324 e. The van der Waals surface area contributed by atoms with Gasteiger partial charge >= 0.3 is 0 Å². The molecule has 1 aliphatic heterocycles. The van der Waals surface area contributed by atoms with Crippen LogP contribution in [0.25, 0.3) is 0 Å². The summed E-state index contributed by atoms with van der Waals surface area (Å²) in [6.45, 7) is 0.758. The van der Waals surface area contributed by atoms with Gasteiger partial charge in [0.1, 0.15) is 0 Å². The molecular weight excluding hydrogens is 86.5 g/mol. The number of nitrogens with zero attached hydrogens (tertiary/aromatic N) is 1. The van der Waals surface area contributed by atoms with E-state index in [-0.39, 0.29) is 0 Å². The predicted molar refractivity (Wildman–Crippen MR) is 29.9 cm³/mol. The first-order valence-electron chi connectivity index (χ1n) is 2.23. The van der Waals surface area contributed by atoms with E-state index in [0.29, 0.717) is 0 Å². The smallest absolute Gasteiger partial charge is 0.227 e. The molecule has 0 spiro atoms. The Balaban J connectivity index is 2.14. The van der Waals surface area contributed by atoms with Gasteiger partial charge in [0.05, 0.1) is 6.61 Å². The van der Waals surface area contributed by atoms with Crippen LogP contribution >= 0.6 is 0 Å². The van der Waals surface area contributed by atoms with Crippen molar-refractivity contribution in [3.05, 3.63) is 0 Å². The Morgan fingerprint density at radius 3 is 3.00 bits per heavy atom. The molecule has 1 fully saturated rings. The van der Waals surface area contributed by atoms with Gasteiger partial charge in [-0.2, -0.15) is 0 Å². The third-order valence-electron chi connectivity index (χ3n) is 0.814. The van der Waals surface area contributed by atoms with E-state index in [4.69, 9.17) is 12.6 Å². The second kappa shape index (κ2) is 2.43. The number of hydrogen-bond donors (Lipinski definition) is 0. The van der Waals surface area contributed by atoms with Crippen molar-refractivity contribution in [2.45, 2.75) is 6.32 Å². The Morgan fingerprint density at radius 2 is 2.71 bits per heavy atom. The summed E-state index contributed by atoms with van der Waals surface area (Å²) in [4.78, 5) is 6.41. The third kappa shape index (κ3) is 1.25. The molecule has 0 aromatic rings. The number of rotatable bonds is 1. The molecule has 1 heterocycles. The van der Waals surface area contributed by atoms with Gasteiger partial charge in [0, 0.05) is 7.74 Å². The highest BCUT2D eigenvalue weighted by Gasteiger charge is 2.10. The van der Waals surface area contributed by atoms with Crippen LogP contribution in [0.1, 0.15) is 0 Å². The molecular formula is C2H4B3NO. The summed E-state index contributed by atoms with van der Waals surface area (Å²) in [5.41, 5.74) is 0.